The molecule has 2 aliphatic rings. The van der Waals surface area contributed by atoms with E-state index < -0.39 is 0 Å². The fourth-order valence-electron chi connectivity index (χ4n) is 1.97. The van der Waals surface area contributed by atoms with E-state index in [9.17, 15) is 0 Å². The van der Waals surface area contributed by atoms with Crippen LogP contribution in [0.4, 0.5) is 0 Å². The summed E-state index contributed by atoms with van der Waals surface area (Å²) in [5.74, 6) is -0.196. The first-order valence-electron chi connectivity index (χ1n) is 5.25. The van der Waals surface area contributed by atoms with E-state index in [1.54, 1.807) is 0 Å². The zero-order valence-electron chi connectivity index (χ0n) is 8.11. The number of hydrogen-bond donors (Lipinski definition) is 0. The highest BCUT2D eigenvalue weighted by atomic mass is 16.7. The van der Waals surface area contributed by atoms with Crippen LogP contribution >= 0.6 is 0 Å². The lowest BCUT2D eigenvalue weighted by molar-refractivity contribution is -0.236. The van der Waals surface area contributed by atoms with Crippen LogP contribution < -0.4 is 0 Å². The number of ether oxygens (including phenoxy) is 2. The van der Waals surface area contributed by atoms with Crippen LogP contribution in [0.3, 0.4) is 0 Å². The molecule has 1 unspecified atom stereocenters. The predicted molar refractivity (Wildman–Crippen MR) is 52.8 cm³/mol. The number of benzene rings is 1. The van der Waals surface area contributed by atoms with Crippen LogP contribution in [0, 0.1) is 0 Å². The third-order valence-electron chi connectivity index (χ3n) is 2.93. The molecule has 0 amide bonds. The summed E-state index contributed by atoms with van der Waals surface area (Å²) in [6.07, 6.45) is 3.35. The Kier molecular flexibility index (Phi) is 1.85. The Bertz CT molecular complexity index is 316. The fourth-order valence-corrected chi connectivity index (χ4v) is 1.97. The van der Waals surface area contributed by atoms with Crippen molar-refractivity contribution in [2.75, 3.05) is 6.61 Å². The molecule has 0 radical (unpaired) electrons. The topological polar surface area (TPSA) is 18.5 Å². The van der Waals surface area contributed by atoms with Gasteiger partial charge in [-0.15, -0.1) is 0 Å². The van der Waals surface area contributed by atoms with Gasteiger partial charge in [0.1, 0.15) is 0 Å². The Morgan fingerprint density at radius 2 is 1.93 bits per heavy atom. The lowest BCUT2D eigenvalue weighted by Gasteiger charge is -2.30. The largest absolute Gasteiger partial charge is 0.350 e. The van der Waals surface area contributed by atoms with E-state index in [1.807, 2.05) is 6.07 Å². The van der Waals surface area contributed by atoms with Gasteiger partial charge in [0.15, 0.2) is 5.79 Å². The van der Waals surface area contributed by atoms with Crippen molar-refractivity contribution in [2.45, 2.75) is 31.2 Å². The Hall–Kier alpha value is -0.860. The van der Waals surface area contributed by atoms with Gasteiger partial charge in [0.2, 0.25) is 0 Å². The van der Waals surface area contributed by atoms with Crippen molar-refractivity contribution in [3.05, 3.63) is 35.9 Å². The quantitative estimate of drug-likeness (QED) is 0.677. The first-order valence-corrected chi connectivity index (χ1v) is 5.25. The minimum Gasteiger partial charge on any atom is -0.350 e. The molecule has 74 valence electrons. The zero-order valence-corrected chi connectivity index (χ0v) is 8.11. The summed E-state index contributed by atoms with van der Waals surface area (Å²) in [6.45, 7) is 0.833. The highest BCUT2D eigenvalue weighted by molar-refractivity contribution is 5.18. The van der Waals surface area contributed by atoms with Crippen molar-refractivity contribution in [3.8, 4) is 0 Å². The smallest absolute Gasteiger partial charge is 0.169 e. The molecule has 1 heterocycles. The molecule has 3 rings (SSSR count). The molecule has 1 aliphatic heterocycles. The van der Waals surface area contributed by atoms with Crippen molar-refractivity contribution in [3.63, 3.8) is 0 Å². The van der Waals surface area contributed by atoms with E-state index in [0.29, 0.717) is 0 Å². The van der Waals surface area contributed by atoms with Gasteiger partial charge in [0.05, 0.1) is 12.7 Å². The Labute approximate surface area is 83.8 Å². The molecular formula is C12H14O2. The number of hydrogen-bond acceptors (Lipinski definition) is 2. The van der Waals surface area contributed by atoms with E-state index in [1.165, 1.54) is 5.56 Å². The van der Waals surface area contributed by atoms with Crippen LogP contribution in [0.5, 0.6) is 0 Å². The van der Waals surface area contributed by atoms with Gasteiger partial charge >= 0.3 is 0 Å². The molecule has 1 aliphatic carbocycles. The second-order valence-electron chi connectivity index (χ2n) is 4.06. The molecule has 1 atom stereocenters. The van der Waals surface area contributed by atoms with E-state index in [4.69, 9.17) is 9.47 Å². The summed E-state index contributed by atoms with van der Waals surface area (Å²) >= 11 is 0. The molecule has 1 aromatic rings. The molecule has 1 aromatic carbocycles. The molecule has 2 nitrogen and oxygen atoms in total. The van der Waals surface area contributed by atoms with Gasteiger partial charge in [-0.25, -0.2) is 0 Å². The van der Waals surface area contributed by atoms with Gasteiger partial charge < -0.3 is 9.47 Å². The first-order chi connectivity index (χ1) is 6.88. The van der Waals surface area contributed by atoms with Crippen LogP contribution in [-0.2, 0) is 9.47 Å². The molecule has 2 fully saturated rings. The van der Waals surface area contributed by atoms with Gasteiger partial charge in [-0.3, -0.25) is 0 Å². The van der Waals surface area contributed by atoms with E-state index in [-0.39, 0.29) is 11.9 Å². The van der Waals surface area contributed by atoms with Crippen molar-refractivity contribution in [1.82, 2.24) is 0 Å². The Morgan fingerprint density at radius 3 is 2.64 bits per heavy atom. The summed E-state index contributed by atoms with van der Waals surface area (Å²) in [5.41, 5.74) is 1.28. The molecule has 0 bridgehead atoms. The van der Waals surface area contributed by atoms with E-state index in [0.717, 1.165) is 25.9 Å². The lowest BCUT2D eigenvalue weighted by Crippen LogP contribution is -2.29. The van der Waals surface area contributed by atoms with Gasteiger partial charge in [-0.2, -0.15) is 0 Å². The molecule has 1 saturated heterocycles. The average molecular weight is 190 g/mol. The van der Waals surface area contributed by atoms with Crippen molar-refractivity contribution in [1.29, 1.82) is 0 Å². The van der Waals surface area contributed by atoms with E-state index in [2.05, 4.69) is 24.3 Å². The minimum absolute atomic E-state index is 0.196. The fraction of sp³-hybridized carbons (Fsp3) is 0.500. The second kappa shape index (κ2) is 3.07. The SMILES string of the molecule is c1ccc(C2CCOC3(CC3)O2)cc1. The third-order valence-corrected chi connectivity index (χ3v) is 2.93. The summed E-state index contributed by atoms with van der Waals surface area (Å²) in [5, 5.41) is 0. The lowest BCUT2D eigenvalue weighted by atomic mass is 10.1. The van der Waals surface area contributed by atoms with Gasteiger partial charge in [-0.05, 0) is 5.56 Å². The average Bonchev–Trinajstić information content (AvgIpc) is 2.99. The standard InChI is InChI=1S/C12H14O2/c1-2-4-10(5-3-1)11-6-9-13-12(14-11)7-8-12/h1-5,11H,6-9H2. The third kappa shape index (κ3) is 1.45. The van der Waals surface area contributed by atoms with Crippen molar-refractivity contribution >= 4 is 0 Å². The summed E-state index contributed by atoms with van der Waals surface area (Å²) < 4.78 is 11.6. The number of rotatable bonds is 1. The van der Waals surface area contributed by atoms with E-state index >= 15 is 0 Å². The van der Waals surface area contributed by atoms with Gasteiger partial charge in [0, 0.05) is 19.3 Å². The normalized spacial score (nSPS) is 29.0. The Balaban J connectivity index is 1.79. The monoisotopic (exact) mass is 190 g/mol. The van der Waals surface area contributed by atoms with Crippen LogP contribution in [0.1, 0.15) is 30.9 Å². The molecule has 1 saturated carbocycles. The molecule has 1 spiro atoms. The maximum Gasteiger partial charge on any atom is 0.169 e. The predicted octanol–water partition coefficient (Wildman–Crippen LogP) is 2.65. The molecule has 0 N–H and O–H groups in total. The summed E-state index contributed by atoms with van der Waals surface area (Å²) in [6, 6.07) is 10.4. The zero-order chi connectivity index (χ0) is 9.43. The van der Waals surface area contributed by atoms with Gasteiger partial charge in [0.25, 0.3) is 0 Å². The maximum atomic E-state index is 5.95. The minimum atomic E-state index is -0.196. The Morgan fingerprint density at radius 1 is 1.14 bits per heavy atom. The molecule has 14 heavy (non-hydrogen) atoms. The molecule has 2 heteroatoms. The van der Waals surface area contributed by atoms with Crippen molar-refractivity contribution in [2.24, 2.45) is 0 Å². The molecular weight excluding hydrogens is 176 g/mol. The van der Waals surface area contributed by atoms with Crippen LogP contribution in [-0.4, -0.2) is 12.4 Å². The summed E-state index contributed by atoms with van der Waals surface area (Å²) in [4.78, 5) is 0. The van der Waals surface area contributed by atoms with Gasteiger partial charge in [-0.1, -0.05) is 30.3 Å². The highest BCUT2D eigenvalue weighted by Gasteiger charge is 2.49. The van der Waals surface area contributed by atoms with Crippen LogP contribution in [0.25, 0.3) is 0 Å². The first kappa shape index (κ1) is 8.45. The molecule has 0 aromatic heterocycles. The van der Waals surface area contributed by atoms with Crippen molar-refractivity contribution < 1.29 is 9.47 Å². The summed E-state index contributed by atoms with van der Waals surface area (Å²) in [7, 11) is 0. The maximum absolute atomic E-state index is 5.95. The highest BCUT2D eigenvalue weighted by Crippen LogP contribution is 2.47. The second-order valence-corrected chi connectivity index (χ2v) is 4.06. The van der Waals surface area contributed by atoms with Crippen LogP contribution in [0.2, 0.25) is 0 Å². The van der Waals surface area contributed by atoms with Crippen LogP contribution in [0.15, 0.2) is 30.3 Å².